The first kappa shape index (κ1) is 64.7. The second-order valence-electron chi connectivity index (χ2n) is 18.0. The number of hydrogen-bond acceptors (Lipinski definition) is 6. The lowest BCUT2D eigenvalue weighted by molar-refractivity contribution is -0.406. The van der Waals surface area contributed by atoms with Crippen LogP contribution < -0.4 is 0 Å². The van der Waals surface area contributed by atoms with Gasteiger partial charge < -0.3 is 28.4 Å². The topological polar surface area (TPSA) is 55.4 Å². The molecule has 2 aromatic carbocycles. The van der Waals surface area contributed by atoms with Crippen molar-refractivity contribution < 1.29 is 63.5 Å². The van der Waals surface area contributed by atoms with Crippen LogP contribution >= 0.6 is 0 Å². The van der Waals surface area contributed by atoms with Gasteiger partial charge in [0.2, 0.25) is 0 Å². The molecule has 6 nitrogen and oxygen atoms in total. The second kappa shape index (κ2) is 38.3. The summed E-state index contributed by atoms with van der Waals surface area (Å²) in [4.78, 5) is 0. The van der Waals surface area contributed by atoms with Crippen LogP contribution in [0.15, 0.2) is 12.1 Å². The van der Waals surface area contributed by atoms with Crippen molar-refractivity contribution in [2.24, 2.45) is 11.8 Å². The zero-order chi connectivity index (χ0) is 51.5. The van der Waals surface area contributed by atoms with Crippen molar-refractivity contribution in [3.05, 3.63) is 69.8 Å². The molecule has 14 heteroatoms. The SMILES string of the molecule is CCCCCCCCC(CCCCc1cc(F)c(F)c(F)c1F)C(OCC)(OCC)OCC.CCCCCCCCC(CCCCc1cc(F)c(F)c(F)c1F)C(OCCC)(OCCC)OCCC. The fourth-order valence-corrected chi connectivity index (χ4v) is 8.65. The minimum atomic E-state index is -1.77. The normalized spacial score (nSPS) is 12.9. The molecule has 0 amide bonds. The average Bonchev–Trinajstić information content (AvgIpc) is 3.34. The maximum absolute atomic E-state index is 14.1. The van der Waals surface area contributed by atoms with Crippen LogP contribution in [0.3, 0.4) is 0 Å². The van der Waals surface area contributed by atoms with Gasteiger partial charge in [0.1, 0.15) is 0 Å². The fourth-order valence-electron chi connectivity index (χ4n) is 8.65. The predicted octanol–water partition coefficient (Wildman–Crippen LogP) is 17.3. The summed E-state index contributed by atoms with van der Waals surface area (Å²) in [6.45, 7) is 19.1. The van der Waals surface area contributed by atoms with Gasteiger partial charge in [-0.15, -0.1) is 0 Å². The molecule has 0 spiro atoms. The molecule has 0 saturated heterocycles. The Kier molecular flexibility index (Phi) is 35.9. The van der Waals surface area contributed by atoms with Crippen molar-refractivity contribution in [2.45, 2.75) is 228 Å². The van der Waals surface area contributed by atoms with Crippen LogP contribution in [0.2, 0.25) is 0 Å². The number of ether oxygens (including phenoxy) is 6. The summed E-state index contributed by atoms with van der Waals surface area (Å²) < 4.78 is 146. The molecule has 0 heterocycles. The van der Waals surface area contributed by atoms with Crippen LogP contribution in [-0.4, -0.2) is 51.6 Å². The van der Waals surface area contributed by atoms with Gasteiger partial charge in [-0.25, -0.2) is 35.1 Å². The van der Waals surface area contributed by atoms with E-state index < -0.39 is 58.5 Å². The third-order valence-electron chi connectivity index (χ3n) is 12.2. The molecular weight excluding hydrogens is 909 g/mol. The number of halogens is 8. The molecule has 0 aliphatic carbocycles. The summed E-state index contributed by atoms with van der Waals surface area (Å²) >= 11 is 0. The number of unbranched alkanes of at least 4 members (excludes halogenated alkanes) is 12. The highest BCUT2D eigenvalue weighted by atomic mass is 19.2. The van der Waals surface area contributed by atoms with Gasteiger partial charge in [0.05, 0.1) is 19.8 Å². The van der Waals surface area contributed by atoms with E-state index >= 15 is 0 Å². The Morgan fingerprint density at radius 2 is 0.623 bits per heavy atom. The maximum atomic E-state index is 14.1. The lowest BCUT2D eigenvalue weighted by Gasteiger charge is -2.40. The molecule has 0 N–H and O–H groups in total. The van der Waals surface area contributed by atoms with Crippen molar-refractivity contribution >= 4 is 0 Å². The van der Waals surface area contributed by atoms with Gasteiger partial charge in [0, 0.05) is 31.7 Å². The summed E-state index contributed by atoms with van der Waals surface area (Å²) in [6, 6.07) is 1.50. The summed E-state index contributed by atoms with van der Waals surface area (Å²) in [5.74, 6) is -14.7. The van der Waals surface area contributed by atoms with Gasteiger partial charge in [-0.3, -0.25) is 0 Å². The Bertz CT molecular complexity index is 1580. The quantitative estimate of drug-likeness (QED) is 0.0218. The largest absolute Gasteiger partial charge is 0.328 e. The number of aryl methyl sites for hydroxylation is 2. The first-order valence-electron chi connectivity index (χ1n) is 26.7. The van der Waals surface area contributed by atoms with Crippen LogP contribution in [0.25, 0.3) is 0 Å². The van der Waals surface area contributed by atoms with Gasteiger partial charge in [-0.2, -0.15) is 0 Å². The molecule has 0 saturated carbocycles. The molecule has 69 heavy (non-hydrogen) atoms. The summed E-state index contributed by atoms with van der Waals surface area (Å²) in [6.07, 6.45) is 22.2. The summed E-state index contributed by atoms with van der Waals surface area (Å²) in [7, 11) is 0. The standard InChI is InChI=1S/C29H48F4O3.C26H42F4O3/c1-5-9-10-11-12-13-17-24(29(34-19-6-2,35-20-7-3)36-21-8-4)18-15-14-16-23-22-25(30)27(32)28(33)26(23)31;1-5-9-10-11-12-13-17-21(26(31-6-2,32-7-3)33-8-4)18-15-14-16-20-19-22(27)24(29)25(30)23(20)28/h22,24H,5-21H2,1-4H3;19,21H,5-18H2,1-4H3. The van der Waals surface area contributed by atoms with Gasteiger partial charge in [0.15, 0.2) is 46.5 Å². The summed E-state index contributed by atoms with van der Waals surface area (Å²) in [5, 5.41) is 0. The molecule has 0 aliphatic heterocycles. The number of rotatable bonds is 41. The lowest BCUT2D eigenvalue weighted by Crippen LogP contribution is -2.47. The minimum absolute atomic E-state index is 0.0279. The Morgan fingerprint density at radius 3 is 0.928 bits per heavy atom. The number of hydrogen-bond donors (Lipinski definition) is 0. The van der Waals surface area contributed by atoms with Gasteiger partial charge in [-0.05, 0) is 115 Å². The van der Waals surface area contributed by atoms with Crippen molar-refractivity contribution in [1.29, 1.82) is 0 Å². The van der Waals surface area contributed by atoms with Crippen LogP contribution in [0.5, 0.6) is 0 Å². The third-order valence-corrected chi connectivity index (χ3v) is 12.2. The smallest absolute Gasteiger partial charge is 0.285 e. The van der Waals surface area contributed by atoms with Crippen molar-refractivity contribution in [2.75, 3.05) is 39.6 Å². The molecule has 0 aliphatic rings. The van der Waals surface area contributed by atoms with E-state index in [0.717, 1.165) is 69.9 Å². The highest BCUT2D eigenvalue weighted by Gasteiger charge is 2.43. The highest BCUT2D eigenvalue weighted by molar-refractivity contribution is 5.22. The van der Waals surface area contributed by atoms with Gasteiger partial charge in [-0.1, -0.05) is 125 Å². The Morgan fingerprint density at radius 1 is 0.333 bits per heavy atom. The monoisotopic (exact) mass is 999 g/mol. The Labute approximate surface area is 411 Å². The summed E-state index contributed by atoms with van der Waals surface area (Å²) in [5.41, 5.74) is -0.290. The molecule has 402 valence electrons. The molecule has 0 radical (unpaired) electrons. The van der Waals surface area contributed by atoms with Crippen LogP contribution in [0, 0.1) is 58.4 Å². The Balaban J connectivity index is 0.000000693. The van der Waals surface area contributed by atoms with Crippen LogP contribution in [0.1, 0.15) is 214 Å². The van der Waals surface area contributed by atoms with E-state index in [4.69, 9.17) is 28.4 Å². The zero-order valence-electron chi connectivity index (χ0n) is 43.7. The second-order valence-corrected chi connectivity index (χ2v) is 18.0. The average molecular weight is 999 g/mol. The number of benzene rings is 2. The molecule has 0 aromatic heterocycles. The van der Waals surface area contributed by atoms with E-state index in [-0.39, 0.29) is 35.8 Å². The van der Waals surface area contributed by atoms with E-state index in [1.54, 1.807) is 0 Å². The minimum Gasteiger partial charge on any atom is -0.328 e. The van der Waals surface area contributed by atoms with E-state index in [2.05, 4.69) is 13.8 Å². The van der Waals surface area contributed by atoms with E-state index in [0.29, 0.717) is 78.2 Å². The van der Waals surface area contributed by atoms with Crippen LogP contribution in [-0.2, 0) is 41.3 Å². The van der Waals surface area contributed by atoms with Crippen molar-refractivity contribution in [1.82, 2.24) is 0 Å². The van der Waals surface area contributed by atoms with Crippen molar-refractivity contribution in [3.8, 4) is 0 Å². The first-order valence-corrected chi connectivity index (χ1v) is 26.7. The van der Waals surface area contributed by atoms with E-state index in [9.17, 15) is 35.1 Å². The molecule has 2 rings (SSSR count). The van der Waals surface area contributed by atoms with Gasteiger partial charge in [0.25, 0.3) is 11.9 Å². The lowest BCUT2D eigenvalue weighted by atomic mass is 9.91. The molecule has 2 aromatic rings. The molecule has 2 unspecified atom stereocenters. The first-order chi connectivity index (χ1) is 33.2. The molecular formula is C55H90F8O6. The molecule has 2 atom stereocenters. The van der Waals surface area contributed by atoms with E-state index in [1.165, 1.54) is 51.4 Å². The van der Waals surface area contributed by atoms with Crippen molar-refractivity contribution in [3.63, 3.8) is 0 Å². The highest BCUT2D eigenvalue weighted by Crippen LogP contribution is 2.37. The fraction of sp³-hybridized carbons (Fsp3) is 0.782. The zero-order valence-corrected chi connectivity index (χ0v) is 43.7. The maximum Gasteiger partial charge on any atom is 0.285 e. The van der Waals surface area contributed by atoms with Crippen LogP contribution in [0.4, 0.5) is 35.1 Å². The van der Waals surface area contributed by atoms with Gasteiger partial charge >= 0.3 is 0 Å². The Hall–Kier alpha value is -2.36. The molecule has 0 bridgehead atoms. The predicted molar refractivity (Wildman–Crippen MR) is 260 cm³/mol. The molecule has 0 fully saturated rings. The van der Waals surface area contributed by atoms with E-state index in [1.807, 2.05) is 41.5 Å². The third kappa shape index (κ3) is 23.4.